The maximum absolute atomic E-state index is 9.70. The molecule has 8 heteroatoms. The van der Waals surface area contributed by atoms with Crippen LogP contribution in [0.15, 0.2) is 16.9 Å². The second-order valence-electron chi connectivity index (χ2n) is 7.43. The standard InChI is InChI=1S/C17H22N6O2/c24-13-3-4-23(8-13)15-7-14(18-9-19-15)11-5-12(6-11)20-17-21-16(25-22-17)10-1-2-10/h7,9-13,24H,1-6,8H2,(H,20,22)/t11?,12?,13-/m0/s1. The van der Waals surface area contributed by atoms with E-state index < -0.39 is 0 Å². The number of β-amino-alcohol motifs (C(OH)–C–C–N with tert-alkyl or cyclic N) is 1. The van der Waals surface area contributed by atoms with Gasteiger partial charge in [-0.25, -0.2) is 9.97 Å². The lowest BCUT2D eigenvalue weighted by Crippen LogP contribution is -2.35. The Bertz CT molecular complexity index is 755. The first-order chi connectivity index (χ1) is 12.2. The van der Waals surface area contributed by atoms with E-state index in [1.807, 2.05) is 0 Å². The van der Waals surface area contributed by atoms with Gasteiger partial charge in [0.2, 0.25) is 5.89 Å². The third-order valence-electron chi connectivity index (χ3n) is 5.42. The number of nitrogens with zero attached hydrogens (tertiary/aromatic N) is 5. The van der Waals surface area contributed by atoms with Crippen LogP contribution in [0.25, 0.3) is 0 Å². The normalized spacial score (nSPS) is 28.8. The van der Waals surface area contributed by atoms with E-state index in [9.17, 15) is 5.11 Å². The maximum Gasteiger partial charge on any atom is 0.263 e. The summed E-state index contributed by atoms with van der Waals surface area (Å²) in [4.78, 5) is 15.4. The van der Waals surface area contributed by atoms with Gasteiger partial charge < -0.3 is 19.8 Å². The van der Waals surface area contributed by atoms with E-state index >= 15 is 0 Å². The summed E-state index contributed by atoms with van der Waals surface area (Å²) in [5.41, 5.74) is 1.08. The lowest BCUT2D eigenvalue weighted by molar-refractivity contribution is 0.198. The molecule has 0 amide bonds. The van der Waals surface area contributed by atoms with Crippen molar-refractivity contribution < 1.29 is 9.63 Å². The zero-order valence-corrected chi connectivity index (χ0v) is 14.0. The molecule has 2 N–H and O–H groups in total. The molecular weight excluding hydrogens is 320 g/mol. The van der Waals surface area contributed by atoms with Crippen molar-refractivity contribution in [3.63, 3.8) is 0 Å². The molecule has 0 bridgehead atoms. The average molecular weight is 342 g/mol. The highest BCUT2D eigenvalue weighted by Gasteiger charge is 2.34. The van der Waals surface area contributed by atoms with Crippen LogP contribution in [0.2, 0.25) is 0 Å². The van der Waals surface area contributed by atoms with Crippen molar-refractivity contribution in [2.24, 2.45) is 0 Å². The van der Waals surface area contributed by atoms with E-state index in [1.54, 1.807) is 6.33 Å². The molecule has 0 unspecified atom stereocenters. The molecule has 0 spiro atoms. The Kier molecular flexibility index (Phi) is 3.58. The largest absolute Gasteiger partial charge is 0.391 e. The third kappa shape index (κ3) is 3.06. The molecule has 2 aromatic heterocycles. The van der Waals surface area contributed by atoms with Gasteiger partial charge in [0.05, 0.1) is 6.10 Å². The number of aliphatic hydroxyl groups is 1. The number of aliphatic hydroxyl groups excluding tert-OH is 1. The minimum Gasteiger partial charge on any atom is -0.391 e. The van der Waals surface area contributed by atoms with Crippen LogP contribution >= 0.6 is 0 Å². The van der Waals surface area contributed by atoms with Crippen LogP contribution in [0, 0.1) is 0 Å². The van der Waals surface area contributed by atoms with E-state index in [0.29, 0.717) is 30.4 Å². The maximum atomic E-state index is 9.70. The Labute approximate surface area is 145 Å². The summed E-state index contributed by atoms with van der Waals surface area (Å²) < 4.78 is 5.28. The number of rotatable bonds is 5. The molecule has 1 aliphatic heterocycles. The summed E-state index contributed by atoms with van der Waals surface area (Å²) in [6, 6.07) is 2.43. The van der Waals surface area contributed by atoms with E-state index in [4.69, 9.17) is 4.52 Å². The Balaban J connectivity index is 1.18. The fourth-order valence-corrected chi connectivity index (χ4v) is 3.66. The lowest BCUT2D eigenvalue weighted by Gasteiger charge is -2.35. The SMILES string of the molecule is O[C@H]1CCN(c2cc(C3CC(Nc4noc(C5CC5)n4)C3)ncn2)C1. The van der Waals surface area contributed by atoms with Crippen molar-refractivity contribution in [2.45, 2.75) is 56.1 Å². The molecule has 1 atom stereocenters. The van der Waals surface area contributed by atoms with Gasteiger partial charge in [0.1, 0.15) is 12.1 Å². The van der Waals surface area contributed by atoms with Gasteiger partial charge >= 0.3 is 0 Å². The number of anilines is 2. The second kappa shape index (κ2) is 5.94. The molecule has 3 heterocycles. The fraction of sp³-hybridized carbons (Fsp3) is 0.647. The lowest BCUT2D eigenvalue weighted by atomic mass is 9.78. The molecule has 1 saturated heterocycles. The quantitative estimate of drug-likeness (QED) is 0.846. The average Bonchev–Trinajstić information content (AvgIpc) is 3.17. The van der Waals surface area contributed by atoms with Crippen LogP contribution in [0.1, 0.15) is 55.5 Å². The highest BCUT2D eigenvalue weighted by atomic mass is 16.5. The summed E-state index contributed by atoms with van der Waals surface area (Å²) in [6.07, 6.45) is 6.54. The second-order valence-corrected chi connectivity index (χ2v) is 7.43. The zero-order chi connectivity index (χ0) is 16.8. The molecule has 25 heavy (non-hydrogen) atoms. The van der Waals surface area contributed by atoms with E-state index in [1.165, 1.54) is 0 Å². The van der Waals surface area contributed by atoms with Crippen molar-refractivity contribution in [3.05, 3.63) is 24.0 Å². The minimum atomic E-state index is -0.244. The van der Waals surface area contributed by atoms with Crippen LogP contribution < -0.4 is 10.2 Å². The topological polar surface area (TPSA) is 100 Å². The van der Waals surface area contributed by atoms with E-state index in [2.05, 4.69) is 36.4 Å². The Morgan fingerprint density at radius 1 is 1.16 bits per heavy atom. The molecular formula is C17H22N6O2. The third-order valence-corrected chi connectivity index (χ3v) is 5.42. The number of nitrogens with one attached hydrogen (secondary N) is 1. The Hall–Kier alpha value is -2.22. The van der Waals surface area contributed by atoms with Gasteiger partial charge in [0.15, 0.2) is 0 Å². The highest BCUT2D eigenvalue weighted by molar-refractivity contribution is 5.42. The molecule has 3 aliphatic rings. The summed E-state index contributed by atoms with van der Waals surface area (Å²) in [5.74, 6) is 3.22. The van der Waals surface area contributed by atoms with Gasteiger partial charge in [-0.05, 0) is 37.3 Å². The smallest absolute Gasteiger partial charge is 0.263 e. The number of aromatic nitrogens is 4. The van der Waals surface area contributed by atoms with Gasteiger partial charge in [0, 0.05) is 42.7 Å². The van der Waals surface area contributed by atoms with Crippen LogP contribution in [0.3, 0.4) is 0 Å². The van der Waals surface area contributed by atoms with E-state index in [0.717, 1.165) is 56.1 Å². The van der Waals surface area contributed by atoms with Crippen molar-refractivity contribution in [1.29, 1.82) is 0 Å². The van der Waals surface area contributed by atoms with Crippen molar-refractivity contribution in [2.75, 3.05) is 23.3 Å². The summed E-state index contributed by atoms with van der Waals surface area (Å²) in [5, 5.41) is 17.1. The van der Waals surface area contributed by atoms with E-state index in [-0.39, 0.29) is 6.10 Å². The van der Waals surface area contributed by atoms with Gasteiger partial charge in [-0.15, -0.1) is 0 Å². The van der Waals surface area contributed by atoms with Crippen molar-refractivity contribution in [1.82, 2.24) is 20.1 Å². The first kappa shape index (κ1) is 15.1. The van der Waals surface area contributed by atoms with Gasteiger partial charge in [0.25, 0.3) is 5.95 Å². The monoisotopic (exact) mass is 342 g/mol. The molecule has 132 valence electrons. The first-order valence-corrected chi connectivity index (χ1v) is 9.09. The predicted octanol–water partition coefficient (Wildman–Crippen LogP) is 1.67. The van der Waals surface area contributed by atoms with Crippen LogP contribution in [0.5, 0.6) is 0 Å². The van der Waals surface area contributed by atoms with Crippen LogP contribution in [0.4, 0.5) is 11.8 Å². The van der Waals surface area contributed by atoms with Crippen molar-refractivity contribution in [3.8, 4) is 0 Å². The van der Waals surface area contributed by atoms with Gasteiger partial charge in [-0.1, -0.05) is 0 Å². The zero-order valence-electron chi connectivity index (χ0n) is 14.0. The van der Waals surface area contributed by atoms with Crippen LogP contribution in [-0.4, -0.2) is 50.5 Å². The van der Waals surface area contributed by atoms with Gasteiger partial charge in [-0.2, -0.15) is 4.98 Å². The Morgan fingerprint density at radius 3 is 2.80 bits per heavy atom. The summed E-state index contributed by atoms with van der Waals surface area (Å²) in [7, 11) is 0. The van der Waals surface area contributed by atoms with Crippen LogP contribution in [-0.2, 0) is 0 Å². The molecule has 2 aliphatic carbocycles. The van der Waals surface area contributed by atoms with Crippen molar-refractivity contribution >= 4 is 11.8 Å². The first-order valence-electron chi connectivity index (χ1n) is 9.09. The summed E-state index contributed by atoms with van der Waals surface area (Å²) >= 11 is 0. The molecule has 0 radical (unpaired) electrons. The molecule has 3 fully saturated rings. The minimum absolute atomic E-state index is 0.244. The number of hydrogen-bond acceptors (Lipinski definition) is 8. The highest BCUT2D eigenvalue weighted by Crippen LogP contribution is 2.40. The van der Waals surface area contributed by atoms with Gasteiger partial charge in [-0.3, -0.25) is 0 Å². The number of hydrogen-bond donors (Lipinski definition) is 2. The Morgan fingerprint density at radius 2 is 2.04 bits per heavy atom. The molecule has 5 rings (SSSR count). The molecule has 8 nitrogen and oxygen atoms in total. The predicted molar refractivity (Wildman–Crippen MR) is 90.5 cm³/mol. The molecule has 2 saturated carbocycles. The molecule has 0 aromatic carbocycles. The summed E-state index contributed by atoms with van der Waals surface area (Å²) in [6.45, 7) is 1.51. The molecule has 2 aromatic rings. The fourth-order valence-electron chi connectivity index (χ4n) is 3.66.